The molecule has 3 aliphatic carbocycles. The summed E-state index contributed by atoms with van der Waals surface area (Å²) in [6.45, 7) is 9.13. The highest BCUT2D eigenvalue weighted by Gasteiger charge is 2.47. The minimum absolute atomic E-state index is 0.508. The molecule has 1 aliphatic heterocycles. The Kier molecular flexibility index (Phi) is 3.61. The predicted octanol–water partition coefficient (Wildman–Crippen LogP) is 3.51. The number of hydrogen-bond donors (Lipinski definition) is 1. The van der Waals surface area contributed by atoms with Crippen molar-refractivity contribution in [3.8, 4) is 0 Å². The van der Waals surface area contributed by atoms with Gasteiger partial charge in [0.05, 0.1) is 0 Å². The Bertz CT molecular complexity index is 360. The number of rotatable bonds is 2. The molecule has 4 aliphatic rings. The van der Waals surface area contributed by atoms with Crippen LogP contribution >= 0.6 is 0 Å². The number of nitrogens with zero attached hydrogens (tertiary/aromatic N) is 1. The normalized spacial score (nSPS) is 53.9. The van der Waals surface area contributed by atoms with Gasteiger partial charge in [0.25, 0.3) is 0 Å². The third-order valence-electron chi connectivity index (χ3n) is 7.18. The number of likely N-dealkylation sites (tertiary alicyclic amines) is 1. The highest BCUT2D eigenvalue weighted by atomic mass is 15.2. The Hall–Kier alpha value is -0.0800. The lowest BCUT2D eigenvalue weighted by atomic mass is 9.56. The first-order valence-electron chi connectivity index (χ1n) is 9.49. The molecule has 0 spiro atoms. The third-order valence-corrected chi connectivity index (χ3v) is 7.18. The SMILES string of the molecule is CC1CC2CC(C)CC(CN3C[C@H]4CC(N)C[C@H]4C3)(C1)C2. The highest BCUT2D eigenvalue weighted by Crippen LogP contribution is 2.53. The zero-order valence-corrected chi connectivity index (χ0v) is 14.1. The molecule has 3 saturated carbocycles. The Morgan fingerprint density at radius 3 is 2.05 bits per heavy atom. The standard InChI is InChI=1S/C19H34N2/c1-13-3-15-4-14(2)8-19(7-13,9-15)12-21-10-16-5-18(20)6-17(16)11-21/h13-18H,3-12,20H2,1-2H3/t13?,14?,15?,16-,17+,18?,19?. The van der Waals surface area contributed by atoms with Gasteiger partial charge in [-0.05, 0) is 80.0 Å². The molecule has 1 saturated heterocycles. The summed E-state index contributed by atoms with van der Waals surface area (Å²) < 4.78 is 0. The first kappa shape index (κ1) is 14.5. The second-order valence-electron chi connectivity index (χ2n) is 9.61. The molecule has 2 N–H and O–H groups in total. The summed E-state index contributed by atoms with van der Waals surface area (Å²) in [4.78, 5) is 2.84. The molecule has 2 nitrogen and oxygen atoms in total. The average molecular weight is 290 g/mol. The van der Waals surface area contributed by atoms with Gasteiger partial charge in [-0.15, -0.1) is 0 Å². The summed E-state index contributed by atoms with van der Waals surface area (Å²) in [6, 6.07) is 0.508. The van der Waals surface area contributed by atoms with Crippen molar-refractivity contribution in [1.82, 2.24) is 4.90 Å². The van der Waals surface area contributed by atoms with Gasteiger partial charge >= 0.3 is 0 Å². The van der Waals surface area contributed by atoms with Gasteiger partial charge in [-0.25, -0.2) is 0 Å². The fraction of sp³-hybridized carbons (Fsp3) is 1.00. The van der Waals surface area contributed by atoms with E-state index in [1.807, 2.05) is 0 Å². The third kappa shape index (κ3) is 2.79. The van der Waals surface area contributed by atoms with E-state index in [0.29, 0.717) is 11.5 Å². The molecule has 3 unspecified atom stereocenters. The van der Waals surface area contributed by atoms with E-state index in [9.17, 15) is 0 Å². The maximum atomic E-state index is 6.15. The monoisotopic (exact) mass is 290 g/mol. The summed E-state index contributed by atoms with van der Waals surface area (Å²) in [5, 5.41) is 0. The van der Waals surface area contributed by atoms with Crippen LogP contribution in [-0.2, 0) is 0 Å². The first-order valence-corrected chi connectivity index (χ1v) is 9.49. The fourth-order valence-electron chi connectivity index (χ4n) is 7.15. The van der Waals surface area contributed by atoms with Crippen LogP contribution in [0, 0.1) is 35.0 Å². The van der Waals surface area contributed by atoms with Crippen molar-refractivity contribution in [2.45, 2.75) is 64.8 Å². The molecule has 4 fully saturated rings. The molecular formula is C19H34N2. The molecular weight excluding hydrogens is 256 g/mol. The summed E-state index contributed by atoms with van der Waals surface area (Å²) in [7, 11) is 0. The molecule has 120 valence electrons. The van der Waals surface area contributed by atoms with Crippen LogP contribution in [0.1, 0.15) is 58.8 Å². The topological polar surface area (TPSA) is 29.3 Å². The lowest BCUT2D eigenvalue weighted by molar-refractivity contribution is -0.00650. The van der Waals surface area contributed by atoms with Crippen LogP contribution in [0.4, 0.5) is 0 Å². The maximum absolute atomic E-state index is 6.15. The molecule has 5 atom stereocenters. The van der Waals surface area contributed by atoms with E-state index in [1.54, 1.807) is 0 Å². The molecule has 1 heterocycles. The smallest absolute Gasteiger partial charge is 0.00452 e. The van der Waals surface area contributed by atoms with E-state index in [-0.39, 0.29) is 0 Å². The second-order valence-corrected chi connectivity index (χ2v) is 9.61. The minimum Gasteiger partial charge on any atom is -0.328 e. The predicted molar refractivity (Wildman–Crippen MR) is 88.0 cm³/mol. The molecule has 4 rings (SSSR count). The number of nitrogens with two attached hydrogens (primary N) is 1. The summed E-state index contributed by atoms with van der Waals surface area (Å²) >= 11 is 0. The van der Waals surface area contributed by atoms with Crippen molar-refractivity contribution in [2.75, 3.05) is 19.6 Å². The van der Waals surface area contributed by atoms with E-state index < -0.39 is 0 Å². The van der Waals surface area contributed by atoms with E-state index in [1.165, 1.54) is 64.6 Å². The van der Waals surface area contributed by atoms with Gasteiger partial charge < -0.3 is 10.6 Å². The Morgan fingerprint density at radius 1 is 0.905 bits per heavy atom. The van der Waals surface area contributed by atoms with E-state index in [0.717, 1.165) is 29.6 Å². The molecule has 0 amide bonds. The zero-order chi connectivity index (χ0) is 14.6. The Labute approximate surface area is 130 Å². The van der Waals surface area contributed by atoms with E-state index in [4.69, 9.17) is 5.73 Å². The van der Waals surface area contributed by atoms with Crippen LogP contribution in [0.15, 0.2) is 0 Å². The van der Waals surface area contributed by atoms with Gasteiger partial charge in [-0.1, -0.05) is 13.8 Å². The lowest BCUT2D eigenvalue weighted by Crippen LogP contribution is -2.46. The Balaban J connectivity index is 1.43. The van der Waals surface area contributed by atoms with Crippen molar-refractivity contribution in [3.63, 3.8) is 0 Å². The van der Waals surface area contributed by atoms with Gasteiger partial charge in [0.1, 0.15) is 0 Å². The minimum atomic E-state index is 0.508. The Morgan fingerprint density at radius 2 is 1.48 bits per heavy atom. The van der Waals surface area contributed by atoms with Crippen molar-refractivity contribution < 1.29 is 0 Å². The van der Waals surface area contributed by atoms with Crippen LogP contribution in [0.2, 0.25) is 0 Å². The maximum Gasteiger partial charge on any atom is 0.00452 e. The first-order chi connectivity index (χ1) is 10.0. The number of hydrogen-bond acceptors (Lipinski definition) is 2. The summed E-state index contributed by atoms with van der Waals surface area (Å²) in [6.07, 6.45) is 10.1. The van der Waals surface area contributed by atoms with Crippen LogP contribution in [0.5, 0.6) is 0 Å². The average Bonchev–Trinajstić information content (AvgIpc) is 2.82. The highest BCUT2D eigenvalue weighted by molar-refractivity contribution is 5.00. The van der Waals surface area contributed by atoms with Crippen molar-refractivity contribution in [3.05, 3.63) is 0 Å². The fourth-order valence-corrected chi connectivity index (χ4v) is 7.15. The van der Waals surface area contributed by atoms with Gasteiger partial charge in [-0.2, -0.15) is 0 Å². The van der Waals surface area contributed by atoms with E-state index in [2.05, 4.69) is 18.7 Å². The molecule has 2 bridgehead atoms. The van der Waals surface area contributed by atoms with Crippen LogP contribution < -0.4 is 5.73 Å². The molecule has 21 heavy (non-hydrogen) atoms. The summed E-state index contributed by atoms with van der Waals surface area (Å²) in [5.41, 5.74) is 6.82. The van der Waals surface area contributed by atoms with Gasteiger partial charge in [0.15, 0.2) is 0 Å². The van der Waals surface area contributed by atoms with Crippen molar-refractivity contribution in [1.29, 1.82) is 0 Å². The van der Waals surface area contributed by atoms with Gasteiger partial charge in [0.2, 0.25) is 0 Å². The van der Waals surface area contributed by atoms with Crippen LogP contribution in [0.25, 0.3) is 0 Å². The largest absolute Gasteiger partial charge is 0.328 e. The summed E-state index contributed by atoms with van der Waals surface area (Å²) in [5.74, 6) is 4.81. The van der Waals surface area contributed by atoms with E-state index >= 15 is 0 Å². The van der Waals surface area contributed by atoms with Crippen LogP contribution in [-0.4, -0.2) is 30.6 Å². The van der Waals surface area contributed by atoms with Crippen molar-refractivity contribution >= 4 is 0 Å². The van der Waals surface area contributed by atoms with Gasteiger partial charge in [-0.3, -0.25) is 0 Å². The molecule has 0 radical (unpaired) electrons. The lowest BCUT2D eigenvalue weighted by Gasteiger charge is -2.51. The zero-order valence-electron chi connectivity index (χ0n) is 14.1. The van der Waals surface area contributed by atoms with Crippen LogP contribution in [0.3, 0.4) is 0 Å². The molecule has 0 aromatic heterocycles. The second kappa shape index (κ2) is 5.23. The molecule has 0 aromatic carbocycles. The number of fused-ring (bicyclic) bond motifs is 3. The van der Waals surface area contributed by atoms with Gasteiger partial charge in [0, 0.05) is 25.7 Å². The quantitative estimate of drug-likeness (QED) is 0.843. The molecule has 2 heteroatoms. The molecule has 0 aromatic rings. The van der Waals surface area contributed by atoms with Crippen molar-refractivity contribution in [2.24, 2.45) is 40.7 Å².